The summed E-state index contributed by atoms with van der Waals surface area (Å²) in [6.07, 6.45) is 8.46. The van der Waals surface area contributed by atoms with E-state index in [4.69, 9.17) is 0 Å². The number of nitrogens with zero attached hydrogens (tertiary/aromatic N) is 3. The Morgan fingerprint density at radius 2 is 2.06 bits per heavy atom. The lowest BCUT2D eigenvalue weighted by molar-refractivity contribution is -0.116. The Labute approximate surface area is 189 Å². The summed E-state index contributed by atoms with van der Waals surface area (Å²) in [7, 11) is 0. The van der Waals surface area contributed by atoms with Crippen LogP contribution in [0.2, 0.25) is 0 Å². The highest BCUT2D eigenvalue weighted by Crippen LogP contribution is 2.26. The molecule has 160 valence electrons. The number of hydrogen-bond acceptors (Lipinski definition) is 3. The number of nitrogens with one attached hydrogen (secondary N) is 1. The Kier molecular flexibility index (Phi) is 7.52. The third-order valence-corrected chi connectivity index (χ3v) is 5.36. The van der Waals surface area contributed by atoms with E-state index >= 15 is 0 Å². The van der Waals surface area contributed by atoms with Gasteiger partial charge in [-0.05, 0) is 77.3 Å². The number of hydrogen-bond donors (Lipinski definition) is 1. The Morgan fingerprint density at radius 1 is 1.32 bits per heavy atom. The highest BCUT2D eigenvalue weighted by molar-refractivity contribution is 9.10. The van der Waals surface area contributed by atoms with E-state index in [1.807, 2.05) is 19.1 Å². The Morgan fingerprint density at radius 3 is 2.68 bits per heavy atom. The first-order valence-corrected chi connectivity index (χ1v) is 10.8. The molecule has 3 aromatic rings. The summed E-state index contributed by atoms with van der Waals surface area (Å²) >= 11 is 3.39. The highest BCUT2D eigenvalue weighted by Gasteiger charge is 2.22. The topological polar surface area (TPSA) is 59.8 Å². The third kappa shape index (κ3) is 5.17. The molecule has 0 radical (unpaired) electrons. The number of carbonyl (C=O) groups excluding carboxylic acids is 1. The van der Waals surface area contributed by atoms with Crippen LogP contribution in [0, 0.1) is 5.82 Å². The summed E-state index contributed by atoms with van der Waals surface area (Å²) in [4.78, 5) is 17.4. The zero-order valence-corrected chi connectivity index (χ0v) is 19.1. The van der Waals surface area contributed by atoms with Crippen LogP contribution < -0.4 is 5.32 Å². The zero-order chi connectivity index (χ0) is 22.4. The molecule has 0 fully saturated rings. The van der Waals surface area contributed by atoms with Gasteiger partial charge in [0.2, 0.25) is 0 Å². The molecule has 2 heterocycles. The van der Waals surface area contributed by atoms with E-state index in [2.05, 4.69) is 44.8 Å². The summed E-state index contributed by atoms with van der Waals surface area (Å²) in [6.45, 7) is 7.78. The van der Waals surface area contributed by atoms with Crippen molar-refractivity contribution in [2.24, 2.45) is 0 Å². The lowest BCUT2D eigenvalue weighted by atomic mass is 10.0. The van der Waals surface area contributed by atoms with Crippen LogP contribution in [0.4, 0.5) is 4.39 Å². The van der Waals surface area contributed by atoms with E-state index in [-0.39, 0.29) is 17.8 Å². The molecule has 0 spiro atoms. The quantitative estimate of drug-likeness (QED) is 0.322. The van der Waals surface area contributed by atoms with Crippen LogP contribution in [-0.2, 0) is 4.79 Å². The van der Waals surface area contributed by atoms with E-state index in [1.165, 1.54) is 12.1 Å². The van der Waals surface area contributed by atoms with Crippen LogP contribution in [-0.4, -0.2) is 20.7 Å². The van der Waals surface area contributed by atoms with E-state index in [0.717, 1.165) is 23.0 Å². The van der Waals surface area contributed by atoms with Crippen LogP contribution in [0.15, 0.2) is 66.1 Å². The summed E-state index contributed by atoms with van der Waals surface area (Å²) < 4.78 is 15.7. The molecule has 0 aliphatic carbocycles. The van der Waals surface area contributed by atoms with Gasteiger partial charge in [-0.1, -0.05) is 26.0 Å². The van der Waals surface area contributed by atoms with Gasteiger partial charge in [0, 0.05) is 17.3 Å². The molecular weight excluding hydrogens is 459 g/mol. The maximum atomic E-state index is 13.3. The van der Waals surface area contributed by atoms with Crippen molar-refractivity contribution < 1.29 is 9.18 Å². The van der Waals surface area contributed by atoms with Crippen molar-refractivity contribution in [3.63, 3.8) is 0 Å². The smallest absolute Gasteiger partial charge is 0.252 e. The molecule has 1 aromatic carbocycles. The Hall–Kier alpha value is -3.06. The van der Waals surface area contributed by atoms with Crippen molar-refractivity contribution in [3.05, 3.63) is 88.7 Å². The molecule has 3 rings (SSSR count). The van der Waals surface area contributed by atoms with Crippen molar-refractivity contribution in [1.29, 1.82) is 0 Å². The molecule has 1 unspecified atom stereocenters. The normalized spacial score (nSPS) is 12.5. The highest BCUT2D eigenvalue weighted by atomic mass is 79.9. The molecule has 1 amide bonds. The molecule has 0 aliphatic rings. The lowest BCUT2D eigenvalue weighted by Crippen LogP contribution is -2.29. The fraction of sp³-hybridized carbons (Fsp3) is 0.208. The third-order valence-electron chi connectivity index (χ3n) is 4.93. The maximum absolute atomic E-state index is 13.3. The summed E-state index contributed by atoms with van der Waals surface area (Å²) in [5, 5.41) is 7.55. The Bertz CT molecular complexity index is 1110. The first-order valence-electron chi connectivity index (χ1n) is 10.0. The zero-order valence-electron chi connectivity index (χ0n) is 17.5. The van der Waals surface area contributed by atoms with Gasteiger partial charge in [-0.25, -0.2) is 14.1 Å². The largest absolute Gasteiger partial charge is 0.345 e. The molecule has 2 aromatic heterocycles. The number of allylic oxidation sites excluding steroid dienone is 1. The summed E-state index contributed by atoms with van der Waals surface area (Å²) in [5.41, 5.74) is 3.49. The molecule has 5 nitrogen and oxygen atoms in total. The van der Waals surface area contributed by atoms with Gasteiger partial charge in [-0.3, -0.25) is 4.79 Å². The van der Waals surface area contributed by atoms with E-state index in [9.17, 15) is 9.18 Å². The number of carbonyl (C=O) groups is 1. The molecule has 0 bridgehead atoms. The molecule has 31 heavy (non-hydrogen) atoms. The van der Waals surface area contributed by atoms with Crippen LogP contribution in [0.3, 0.4) is 0 Å². The minimum absolute atomic E-state index is 0.147. The molecule has 0 aliphatic heterocycles. The molecule has 0 saturated carbocycles. The van der Waals surface area contributed by atoms with Crippen LogP contribution in [0.1, 0.15) is 49.6 Å². The van der Waals surface area contributed by atoms with Gasteiger partial charge < -0.3 is 5.32 Å². The maximum Gasteiger partial charge on any atom is 0.252 e. The minimum atomic E-state index is -0.325. The van der Waals surface area contributed by atoms with Crippen molar-refractivity contribution in [2.75, 3.05) is 0 Å². The van der Waals surface area contributed by atoms with E-state index in [0.29, 0.717) is 22.5 Å². The lowest BCUT2D eigenvalue weighted by Gasteiger charge is -2.20. The van der Waals surface area contributed by atoms with Crippen LogP contribution >= 0.6 is 15.9 Å². The average Bonchev–Trinajstić information content (AvgIpc) is 3.18. The second kappa shape index (κ2) is 10.3. The number of pyridine rings is 1. The molecule has 7 heteroatoms. The standard InChI is InChI=1S/C24H24BrFN4O/c1-4-7-21(16-12-13-27-23(25)14-16)29-24(31)19(5-2)20-15-28-30(22(20)6-3)18-10-8-17(26)9-11-18/h5-6,8-15,21H,3-4,7H2,1-2H3,(H,29,31)/b19-5+. The number of halogens is 2. The summed E-state index contributed by atoms with van der Waals surface area (Å²) in [5.74, 6) is -0.523. The van der Waals surface area contributed by atoms with Gasteiger partial charge in [0.15, 0.2) is 0 Å². The van der Waals surface area contributed by atoms with Crippen molar-refractivity contribution in [1.82, 2.24) is 20.1 Å². The monoisotopic (exact) mass is 482 g/mol. The van der Waals surface area contributed by atoms with E-state index in [1.54, 1.807) is 41.4 Å². The van der Waals surface area contributed by atoms with Crippen LogP contribution in [0.5, 0.6) is 0 Å². The molecule has 0 saturated heterocycles. The number of benzene rings is 1. The number of amides is 1. The second-order valence-electron chi connectivity index (χ2n) is 6.96. The van der Waals surface area contributed by atoms with E-state index < -0.39 is 0 Å². The number of aromatic nitrogens is 3. The molecular formula is C24H24BrFN4O. The van der Waals surface area contributed by atoms with Crippen molar-refractivity contribution in [3.8, 4) is 5.69 Å². The van der Waals surface area contributed by atoms with Gasteiger partial charge in [-0.15, -0.1) is 0 Å². The van der Waals surface area contributed by atoms with Crippen molar-refractivity contribution in [2.45, 2.75) is 32.7 Å². The van der Waals surface area contributed by atoms with Gasteiger partial charge in [0.05, 0.1) is 23.6 Å². The SMILES string of the molecule is C=Cc1c(/C(=C\C)C(=O)NC(CCC)c2ccnc(Br)c2)cnn1-c1ccc(F)cc1. The van der Waals surface area contributed by atoms with Gasteiger partial charge in [-0.2, -0.15) is 5.10 Å². The average molecular weight is 483 g/mol. The van der Waals surface area contributed by atoms with Crippen molar-refractivity contribution >= 4 is 33.5 Å². The predicted octanol–water partition coefficient (Wildman–Crippen LogP) is 5.87. The van der Waals surface area contributed by atoms with Gasteiger partial charge >= 0.3 is 0 Å². The first-order chi connectivity index (χ1) is 15.0. The Balaban J connectivity index is 1.91. The van der Waals surface area contributed by atoms with Crippen LogP contribution in [0.25, 0.3) is 17.3 Å². The second-order valence-corrected chi connectivity index (χ2v) is 7.78. The first kappa shape index (κ1) is 22.6. The summed E-state index contributed by atoms with van der Waals surface area (Å²) in [6, 6.07) is 9.68. The fourth-order valence-corrected chi connectivity index (χ4v) is 3.82. The minimum Gasteiger partial charge on any atom is -0.345 e. The molecule has 1 atom stereocenters. The van der Waals surface area contributed by atoms with Gasteiger partial charge in [0.25, 0.3) is 5.91 Å². The number of rotatable bonds is 8. The van der Waals surface area contributed by atoms with Gasteiger partial charge in [0.1, 0.15) is 10.4 Å². The molecule has 1 N–H and O–H groups in total. The fourth-order valence-electron chi connectivity index (χ4n) is 3.44. The predicted molar refractivity (Wildman–Crippen MR) is 125 cm³/mol.